The molecule has 0 aromatic heterocycles. The number of rotatable bonds is 3. The predicted molar refractivity (Wildman–Crippen MR) is 89.3 cm³/mol. The Hall–Kier alpha value is -0.530. The number of benzene rings is 1. The van der Waals surface area contributed by atoms with Gasteiger partial charge in [-0.15, -0.1) is 23.2 Å². The first-order valence-corrected chi connectivity index (χ1v) is 9.71. The van der Waals surface area contributed by atoms with Gasteiger partial charge in [0.2, 0.25) is 15.9 Å². The number of alkyl halides is 2. The Kier molecular flexibility index (Phi) is 4.57. The van der Waals surface area contributed by atoms with Crippen LogP contribution < -0.4 is 0 Å². The SMILES string of the molecule is O=C(C1CC1(Cl)Cl)N1CCN(S(=O)(=O)c2cccc(Cl)c2)CC1. The zero-order chi connectivity index (χ0) is 16.8. The third-order valence-corrected chi connectivity index (χ3v) is 7.07. The Labute approximate surface area is 150 Å². The molecule has 1 heterocycles. The van der Waals surface area contributed by atoms with E-state index in [0.717, 1.165) is 0 Å². The van der Waals surface area contributed by atoms with E-state index in [2.05, 4.69) is 0 Å². The number of carbonyl (C=O) groups excluding carboxylic acids is 1. The van der Waals surface area contributed by atoms with Crippen LogP contribution in [0.25, 0.3) is 0 Å². The summed E-state index contributed by atoms with van der Waals surface area (Å²) in [5, 5.41) is 0.370. The third-order valence-electron chi connectivity index (χ3n) is 4.11. The van der Waals surface area contributed by atoms with Crippen molar-refractivity contribution in [1.29, 1.82) is 0 Å². The lowest BCUT2D eigenvalue weighted by atomic mass is 10.3. The maximum Gasteiger partial charge on any atom is 0.243 e. The van der Waals surface area contributed by atoms with E-state index in [0.29, 0.717) is 24.5 Å². The Morgan fingerprint density at radius 1 is 1.17 bits per heavy atom. The molecule has 1 aromatic rings. The Balaban J connectivity index is 1.66. The largest absolute Gasteiger partial charge is 0.340 e. The summed E-state index contributed by atoms with van der Waals surface area (Å²) in [6.07, 6.45) is 0.454. The van der Waals surface area contributed by atoms with Crippen LogP contribution in [0.5, 0.6) is 0 Å². The monoisotopic (exact) mass is 396 g/mol. The van der Waals surface area contributed by atoms with Crippen LogP contribution in [0.15, 0.2) is 29.2 Å². The van der Waals surface area contributed by atoms with Crippen LogP contribution in [-0.4, -0.2) is 54.0 Å². The number of hydrogen-bond acceptors (Lipinski definition) is 3. The highest BCUT2D eigenvalue weighted by Gasteiger charge is 2.57. The molecule has 1 saturated heterocycles. The van der Waals surface area contributed by atoms with Crippen molar-refractivity contribution >= 4 is 50.7 Å². The van der Waals surface area contributed by atoms with Crippen molar-refractivity contribution < 1.29 is 13.2 Å². The van der Waals surface area contributed by atoms with Crippen LogP contribution in [0, 0.1) is 5.92 Å². The summed E-state index contributed by atoms with van der Waals surface area (Å²) in [6.45, 7) is 1.15. The number of halogens is 3. The lowest BCUT2D eigenvalue weighted by Crippen LogP contribution is -2.51. The summed E-state index contributed by atoms with van der Waals surface area (Å²) < 4.78 is 25.6. The second-order valence-electron chi connectivity index (χ2n) is 5.70. The van der Waals surface area contributed by atoms with Gasteiger partial charge in [0.15, 0.2) is 0 Å². The summed E-state index contributed by atoms with van der Waals surface area (Å²) >= 11 is 17.7. The van der Waals surface area contributed by atoms with Crippen LogP contribution in [-0.2, 0) is 14.8 Å². The molecule has 9 heteroatoms. The number of carbonyl (C=O) groups is 1. The van der Waals surface area contributed by atoms with Crippen molar-refractivity contribution in [1.82, 2.24) is 9.21 Å². The highest BCUT2D eigenvalue weighted by molar-refractivity contribution is 7.89. The lowest BCUT2D eigenvalue weighted by molar-refractivity contribution is -0.133. The Morgan fingerprint density at radius 3 is 2.30 bits per heavy atom. The van der Waals surface area contributed by atoms with Gasteiger partial charge in [-0.25, -0.2) is 8.42 Å². The number of amides is 1. The fourth-order valence-corrected chi connectivity index (χ4v) is 4.85. The molecule has 5 nitrogen and oxygen atoms in total. The molecular formula is C14H15Cl3N2O3S. The first kappa shape index (κ1) is 17.3. The summed E-state index contributed by atoms with van der Waals surface area (Å²) in [5.74, 6) is -0.475. The summed E-state index contributed by atoms with van der Waals surface area (Å²) in [6, 6.07) is 6.16. The average Bonchev–Trinajstić information content (AvgIpc) is 3.15. The standard InChI is InChI=1S/C14H15Cl3N2O3S/c15-10-2-1-3-11(8-10)23(21,22)19-6-4-18(5-7-19)13(20)12-9-14(12,16)17/h1-3,8,12H,4-7,9H2. The van der Waals surface area contributed by atoms with Gasteiger partial charge < -0.3 is 4.90 Å². The molecule has 1 unspecified atom stereocenters. The molecule has 0 N–H and O–H groups in total. The second-order valence-corrected chi connectivity index (χ2v) is 9.62. The van der Waals surface area contributed by atoms with Gasteiger partial charge in [-0.1, -0.05) is 17.7 Å². The van der Waals surface area contributed by atoms with E-state index < -0.39 is 14.4 Å². The van der Waals surface area contributed by atoms with Crippen LogP contribution in [0.2, 0.25) is 5.02 Å². The molecule has 0 spiro atoms. The van der Waals surface area contributed by atoms with Gasteiger partial charge in [0.05, 0.1) is 10.8 Å². The van der Waals surface area contributed by atoms with Crippen molar-refractivity contribution in [2.45, 2.75) is 15.6 Å². The molecule has 1 aliphatic heterocycles. The molecule has 0 radical (unpaired) electrons. The molecule has 23 heavy (non-hydrogen) atoms. The zero-order valence-electron chi connectivity index (χ0n) is 12.1. The maximum atomic E-state index is 12.6. The van der Waals surface area contributed by atoms with Gasteiger partial charge in [0, 0.05) is 31.2 Å². The van der Waals surface area contributed by atoms with E-state index in [1.54, 1.807) is 17.0 Å². The van der Waals surface area contributed by atoms with Gasteiger partial charge in [-0.2, -0.15) is 4.31 Å². The summed E-state index contributed by atoms with van der Waals surface area (Å²) in [4.78, 5) is 14.0. The minimum atomic E-state index is -3.60. The van der Waals surface area contributed by atoms with Gasteiger partial charge in [-0.3, -0.25) is 4.79 Å². The quantitative estimate of drug-likeness (QED) is 0.736. The topological polar surface area (TPSA) is 57.7 Å². The summed E-state index contributed by atoms with van der Waals surface area (Å²) in [7, 11) is -3.60. The third kappa shape index (κ3) is 3.46. The molecule has 1 aliphatic carbocycles. The maximum absolute atomic E-state index is 12.6. The normalized spacial score (nSPS) is 24.5. The fraction of sp³-hybridized carbons (Fsp3) is 0.500. The molecule has 1 amide bonds. The molecular weight excluding hydrogens is 383 g/mol. The average molecular weight is 398 g/mol. The number of piperazine rings is 1. The number of sulfonamides is 1. The van der Waals surface area contributed by atoms with Crippen molar-refractivity contribution in [2.75, 3.05) is 26.2 Å². The van der Waals surface area contributed by atoms with E-state index in [1.807, 2.05) is 0 Å². The molecule has 126 valence electrons. The van der Waals surface area contributed by atoms with Crippen molar-refractivity contribution in [3.8, 4) is 0 Å². The van der Waals surface area contributed by atoms with Crippen LogP contribution in [0.3, 0.4) is 0 Å². The predicted octanol–water partition coefficient (Wildman–Crippen LogP) is 2.37. The van der Waals surface area contributed by atoms with Crippen LogP contribution >= 0.6 is 34.8 Å². The lowest BCUT2D eigenvalue weighted by Gasteiger charge is -2.34. The van der Waals surface area contributed by atoms with Gasteiger partial charge in [0.1, 0.15) is 4.33 Å². The second kappa shape index (κ2) is 6.08. The minimum Gasteiger partial charge on any atom is -0.340 e. The van der Waals surface area contributed by atoms with E-state index in [1.165, 1.54) is 16.4 Å². The molecule has 1 saturated carbocycles. The highest BCUT2D eigenvalue weighted by atomic mass is 35.5. The van der Waals surface area contributed by atoms with Gasteiger partial charge in [-0.05, 0) is 24.6 Å². The number of hydrogen-bond donors (Lipinski definition) is 0. The molecule has 1 atom stereocenters. The first-order chi connectivity index (χ1) is 10.7. The Morgan fingerprint density at radius 2 is 1.78 bits per heavy atom. The Bertz CT molecular complexity index is 731. The minimum absolute atomic E-state index is 0.102. The highest BCUT2D eigenvalue weighted by Crippen LogP contribution is 2.53. The van der Waals surface area contributed by atoms with E-state index in [-0.39, 0.29) is 29.8 Å². The van der Waals surface area contributed by atoms with Gasteiger partial charge in [0.25, 0.3) is 0 Å². The van der Waals surface area contributed by atoms with Crippen molar-refractivity contribution in [3.63, 3.8) is 0 Å². The van der Waals surface area contributed by atoms with Crippen molar-refractivity contribution in [2.24, 2.45) is 5.92 Å². The van der Waals surface area contributed by atoms with Crippen molar-refractivity contribution in [3.05, 3.63) is 29.3 Å². The number of nitrogens with zero attached hydrogens (tertiary/aromatic N) is 2. The molecule has 1 aromatic carbocycles. The first-order valence-electron chi connectivity index (χ1n) is 7.14. The fourth-order valence-electron chi connectivity index (χ4n) is 2.63. The van der Waals surface area contributed by atoms with Gasteiger partial charge >= 0.3 is 0 Å². The van der Waals surface area contributed by atoms with Crippen LogP contribution in [0.4, 0.5) is 0 Å². The van der Waals surface area contributed by atoms with E-state index >= 15 is 0 Å². The van der Waals surface area contributed by atoms with Crippen LogP contribution in [0.1, 0.15) is 6.42 Å². The summed E-state index contributed by atoms with van der Waals surface area (Å²) in [5.41, 5.74) is 0. The molecule has 0 bridgehead atoms. The van der Waals surface area contributed by atoms with E-state index in [9.17, 15) is 13.2 Å². The van der Waals surface area contributed by atoms with E-state index in [4.69, 9.17) is 34.8 Å². The smallest absolute Gasteiger partial charge is 0.243 e. The molecule has 2 aliphatic rings. The zero-order valence-corrected chi connectivity index (χ0v) is 15.2. The molecule has 3 rings (SSSR count). The molecule has 2 fully saturated rings.